The lowest BCUT2D eigenvalue weighted by atomic mass is 9.90. The van der Waals surface area contributed by atoms with Crippen LogP contribution >= 0.6 is 0 Å². The third-order valence-electron chi connectivity index (χ3n) is 1.78. The molecule has 0 aromatic heterocycles. The molecule has 0 saturated heterocycles. The molecule has 1 radical (unpaired) electrons. The predicted octanol–water partition coefficient (Wildman–Crippen LogP) is 1.52. The van der Waals surface area contributed by atoms with Crippen LogP contribution in [0.1, 0.15) is 32.1 Å². The maximum Gasteiger partial charge on any atom is 0.0493 e. The van der Waals surface area contributed by atoms with Gasteiger partial charge in [-0.25, -0.2) is 0 Å². The summed E-state index contributed by atoms with van der Waals surface area (Å²) in [5.74, 6) is 1.36. The van der Waals surface area contributed by atoms with Gasteiger partial charge in [-0.3, -0.25) is 0 Å². The van der Waals surface area contributed by atoms with Crippen LogP contribution in [0.15, 0.2) is 0 Å². The molecule has 1 saturated carbocycles. The van der Waals surface area contributed by atoms with Crippen molar-refractivity contribution in [3.05, 3.63) is 5.92 Å². The Morgan fingerprint density at radius 2 is 1.75 bits per heavy atom. The highest BCUT2D eigenvalue weighted by atomic mass is 16.3. The Kier molecular flexibility index (Phi) is 2.34. The Labute approximate surface area is 50.7 Å². The minimum absolute atomic E-state index is 0.333. The molecular formula is C7H13O. The second-order valence-electron chi connectivity index (χ2n) is 2.47. The zero-order valence-electron chi connectivity index (χ0n) is 5.19. The van der Waals surface area contributed by atoms with Gasteiger partial charge >= 0.3 is 0 Å². The van der Waals surface area contributed by atoms with Gasteiger partial charge in [0.05, 0.1) is 0 Å². The Morgan fingerprint density at radius 1 is 1.12 bits per heavy atom. The van der Waals surface area contributed by atoms with E-state index >= 15 is 0 Å². The molecule has 1 heteroatoms. The van der Waals surface area contributed by atoms with Crippen molar-refractivity contribution >= 4 is 0 Å². The maximum absolute atomic E-state index is 8.65. The van der Waals surface area contributed by atoms with Crippen LogP contribution in [0.4, 0.5) is 0 Å². The molecule has 1 fully saturated rings. The Bertz CT molecular complexity index is 55.4. The van der Waals surface area contributed by atoms with E-state index in [1.165, 1.54) is 38.0 Å². The predicted molar refractivity (Wildman–Crippen MR) is 33.4 cm³/mol. The van der Waals surface area contributed by atoms with E-state index in [-0.39, 0.29) is 0 Å². The minimum Gasteiger partial charge on any atom is -0.396 e. The Hall–Kier alpha value is -0.0400. The van der Waals surface area contributed by atoms with Gasteiger partial charge in [-0.1, -0.05) is 19.3 Å². The first-order valence-electron chi connectivity index (χ1n) is 3.38. The molecule has 0 aromatic carbocycles. The number of aliphatic hydroxyl groups is 1. The summed E-state index contributed by atoms with van der Waals surface area (Å²) in [6.07, 6.45) is 6.32. The van der Waals surface area contributed by atoms with E-state index < -0.39 is 0 Å². The number of hydrogen-bond donors (Lipinski definition) is 1. The van der Waals surface area contributed by atoms with E-state index in [2.05, 4.69) is 0 Å². The smallest absolute Gasteiger partial charge is 0.0493 e. The molecular weight excluding hydrogens is 100 g/mol. The van der Waals surface area contributed by atoms with Crippen LogP contribution in [0.3, 0.4) is 0 Å². The molecule has 1 rings (SSSR count). The molecule has 0 heterocycles. The van der Waals surface area contributed by atoms with Crippen molar-refractivity contribution in [2.24, 2.45) is 0 Å². The fourth-order valence-electron chi connectivity index (χ4n) is 1.21. The highest BCUT2D eigenvalue weighted by molar-refractivity contribution is 4.91. The quantitative estimate of drug-likeness (QED) is 0.546. The Balaban J connectivity index is 2.13. The SMILES string of the molecule is OC[C]1CCCCC1. The zero-order valence-corrected chi connectivity index (χ0v) is 5.19. The standard InChI is InChI=1S/C7H13O/c8-6-7-4-2-1-3-5-7/h8H,1-6H2. The average Bonchev–Trinajstić information content (AvgIpc) is 1.90. The summed E-state index contributed by atoms with van der Waals surface area (Å²) < 4.78 is 0. The average molecular weight is 113 g/mol. The molecule has 1 nitrogen and oxygen atoms in total. The molecule has 0 amide bonds. The van der Waals surface area contributed by atoms with Crippen LogP contribution < -0.4 is 0 Å². The molecule has 8 heavy (non-hydrogen) atoms. The molecule has 0 bridgehead atoms. The third kappa shape index (κ3) is 1.48. The van der Waals surface area contributed by atoms with Gasteiger partial charge < -0.3 is 5.11 Å². The highest BCUT2D eigenvalue weighted by Gasteiger charge is 2.11. The van der Waals surface area contributed by atoms with E-state index in [1.54, 1.807) is 0 Å². The number of hydrogen-bond acceptors (Lipinski definition) is 1. The summed E-state index contributed by atoms with van der Waals surface area (Å²) >= 11 is 0. The second-order valence-corrected chi connectivity index (χ2v) is 2.47. The molecule has 1 aliphatic rings. The summed E-state index contributed by atoms with van der Waals surface area (Å²) in [6, 6.07) is 0. The summed E-state index contributed by atoms with van der Waals surface area (Å²) in [6.45, 7) is 0.333. The first-order chi connectivity index (χ1) is 3.93. The highest BCUT2D eigenvalue weighted by Crippen LogP contribution is 2.24. The van der Waals surface area contributed by atoms with Crippen LogP contribution in [0, 0.1) is 5.92 Å². The van der Waals surface area contributed by atoms with Crippen molar-refractivity contribution in [2.45, 2.75) is 32.1 Å². The second kappa shape index (κ2) is 3.08. The van der Waals surface area contributed by atoms with E-state index in [9.17, 15) is 0 Å². The van der Waals surface area contributed by atoms with E-state index in [0.29, 0.717) is 6.61 Å². The summed E-state index contributed by atoms with van der Waals surface area (Å²) in [7, 11) is 0. The lowest BCUT2D eigenvalue weighted by molar-refractivity contribution is 0.282. The monoisotopic (exact) mass is 113 g/mol. The van der Waals surface area contributed by atoms with Crippen molar-refractivity contribution in [3.63, 3.8) is 0 Å². The van der Waals surface area contributed by atoms with Crippen molar-refractivity contribution in [2.75, 3.05) is 6.61 Å². The number of rotatable bonds is 1. The molecule has 1 N–H and O–H groups in total. The first kappa shape index (κ1) is 6.09. The van der Waals surface area contributed by atoms with Gasteiger partial charge in [0.1, 0.15) is 0 Å². The van der Waals surface area contributed by atoms with Crippen molar-refractivity contribution < 1.29 is 5.11 Å². The van der Waals surface area contributed by atoms with Gasteiger partial charge in [-0.15, -0.1) is 0 Å². The topological polar surface area (TPSA) is 20.2 Å². The molecule has 47 valence electrons. The van der Waals surface area contributed by atoms with Gasteiger partial charge in [-0.05, 0) is 12.8 Å². The van der Waals surface area contributed by atoms with Gasteiger partial charge in [0.25, 0.3) is 0 Å². The van der Waals surface area contributed by atoms with Gasteiger partial charge in [-0.2, -0.15) is 0 Å². The Morgan fingerprint density at radius 3 is 2.12 bits per heavy atom. The van der Waals surface area contributed by atoms with Crippen LogP contribution in [-0.2, 0) is 0 Å². The lowest BCUT2D eigenvalue weighted by Crippen LogP contribution is -2.07. The van der Waals surface area contributed by atoms with Crippen LogP contribution in [0.25, 0.3) is 0 Å². The van der Waals surface area contributed by atoms with Gasteiger partial charge in [0, 0.05) is 12.5 Å². The van der Waals surface area contributed by atoms with Crippen LogP contribution in [-0.4, -0.2) is 11.7 Å². The minimum atomic E-state index is 0.333. The molecule has 0 aromatic rings. The lowest BCUT2D eigenvalue weighted by Gasteiger charge is -2.17. The molecule has 0 spiro atoms. The number of aliphatic hydroxyl groups excluding tert-OH is 1. The summed E-state index contributed by atoms with van der Waals surface area (Å²) in [5.41, 5.74) is 0. The molecule has 0 unspecified atom stereocenters. The third-order valence-corrected chi connectivity index (χ3v) is 1.78. The maximum atomic E-state index is 8.65. The van der Waals surface area contributed by atoms with E-state index in [1.807, 2.05) is 0 Å². The fourth-order valence-corrected chi connectivity index (χ4v) is 1.21. The van der Waals surface area contributed by atoms with Gasteiger partial charge in [0.2, 0.25) is 0 Å². The summed E-state index contributed by atoms with van der Waals surface area (Å²) in [5, 5.41) is 8.65. The van der Waals surface area contributed by atoms with Crippen molar-refractivity contribution in [1.82, 2.24) is 0 Å². The van der Waals surface area contributed by atoms with Crippen molar-refractivity contribution in [1.29, 1.82) is 0 Å². The van der Waals surface area contributed by atoms with Crippen LogP contribution in [0.2, 0.25) is 0 Å². The van der Waals surface area contributed by atoms with E-state index in [0.717, 1.165) is 0 Å². The van der Waals surface area contributed by atoms with E-state index in [4.69, 9.17) is 5.11 Å². The van der Waals surface area contributed by atoms with Crippen molar-refractivity contribution in [3.8, 4) is 0 Å². The molecule has 1 aliphatic carbocycles. The zero-order chi connectivity index (χ0) is 5.82. The molecule has 0 aliphatic heterocycles. The fraction of sp³-hybridized carbons (Fsp3) is 0.857. The molecule has 0 atom stereocenters. The normalized spacial score (nSPS) is 23.6. The summed E-state index contributed by atoms with van der Waals surface area (Å²) in [4.78, 5) is 0. The largest absolute Gasteiger partial charge is 0.396 e. The van der Waals surface area contributed by atoms with Crippen LogP contribution in [0.5, 0.6) is 0 Å². The van der Waals surface area contributed by atoms with Gasteiger partial charge in [0.15, 0.2) is 0 Å². The first-order valence-corrected chi connectivity index (χ1v) is 3.38.